The summed E-state index contributed by atoms with van der Waals surface area (Å²) in [5, 5.41) is 3.05. The number of amides is 2. The molecule has 0 radical (unpaired) electrons. The average molecular weight is 477 g/mol. The Morgan fingerprint density at radius 1 is 1.09 bits per heavy atom. The van der Waals surface area contributed by atoms with Crippen molar-refractivity contribution in [2.75, 3.05) is 0 Å². The summed E-state index contributed by atoms with van der Waals surface area (Å²) in [6.07, 6.45) is 6.78. The van der Waals surface area contributed by atoms with Crippen molar-refractivity contribution in [1.29, 1.82) is 0 Å². The van der Waals surface area contributed by atoms with Crippen LogP contribution in [0.25, 0.3) is 0 Å². The third-order valence-corrected chi connectivity index (χ3v) is 6.89. The van der Waals surface area contributed by atoms with Gasteiger partial charge in [0.15, 0.2) is 5.78 Å². The van der Waals surface area contributed by atoms with Crippen molar-refractivity contribution in [2.45, 2.75) is 78.4 Å². The lowest BCUT2D eigenvalue weighted by Gasteiger charge is -2.45. The maximum absolute atomic E-state index is 14.2. The molecule has 2 aliphatic rings. The third-order valence-electron chi connectivity index (χ3n) is 6.89. The lowest BCUT2D eigenvalue weighted by molar-refractivity contribution is -0.157. The van der Waals surface area contributed by atoms with Crippen LogP contribution in [0.4, 0.5) is 0 Å². The SMILES string of the molecule is CC(C)C[C@@H]1C(=O)N[C@H](C2Cc3ccccc3C2)C(=O)N1[C@@H](C(=O)CC(C)(C)C)c1cncnc1. The highest BCUT2D eigenvalue weighted by molar-refractivity contribution is 6.00. The largest absolute Gasteiger partial charge is 0.342 e. The number of nitrogens with zero attached hydrogens (tertiary/aromatic N) is 3. The Kier molecular flexibility index (Phi) is 7.06. The molecule has 4 rings (SSSR count). The van der Waals surface area contributed by atoms with Gasteiger partial charge in [-0.25, -0.2) is 9.97 Å². The number of carbonyl (C=O) groups excluding carboxylic acids is 3. The summed E-state index contributed by atoms with van der Waals surface area (Å²) in [5.41, 5.74) is 2.71. The Morgan fingerprint density at radius 2 is 1.69 bits per heavy atom. The third kappa shape index (κ3) is 5.44. The summed E-state index contributed by atoms with van der Waals surface area (Å²) in [4.78, 5) is 51.3. The number of benzene rings is 1. The molecule has 0 bridgehead atoms. The normalized spacial score (nSPS) is 21.7. The minimum absolute atomic E-state index is 0.0447. The van der Waals surface area contributed by atoms with Crippen LogP contribution in [0, 0.1) is 17.3 Å². The Hall–Kier alpha value is -3.09. The highest BCUT2D eigenvalue weighted by Gasteiger charge is 2.49. The summed E-state index contributed by atoms with van der Waals surface area (Å²) in [6.45, 7) is 10.0. The summed E-state index contributed by atoms with van der Waals surface area (Å²) >= 11 is 0. The van der Waals surface area contributed by atoms with Crippen molar-refractivity contribution < 1.29 is 14.4 Å². The Morgan fingerprint density at radius 3 is 2.23 bits per heavy atom. The van der Waals surface area contributed by atoms with E-state index in [9.17, 15) is 14.4 Å². The predicted molar refractivity (Wildman–Crippen MR) is 133 cm³/mol. The van der Waals surface area contributed by atoms with E-state index in [2.05, 4.69) is 27.4 Å². The number of ketones is 1. The lowest BCUT2D eigenvalue weighted by Crippen LogP contribution is -2.66. The molecule has 2 heterocycles. The lowest BCUT2D eigenvalue weighted by atomic mass is 9.83. The van der Waals surface area contributed by atoms with Gasteiger partial charge < -0.3 is 10.2 Å². The molecule has 7 nitrogen and oxygen atoms in total. The van der Waals surface area contributed by atoms with Gasteiger partial charge in [0.05, 0.1) is 0 Å². The summed E-state index contributed by atoms with van der Waals surface area (Å²) in [7, 11) is 0. The van der Waals surface area contributed by atoms with Gasteiger partial charge >= 0.3 is 0 Å². The van der Waals surface area contributed by atoms with Crippen LogP contribution in [0.2, 0.25) is 0 Å². The molecule has 1 aromatic heterocycles. The summed E-state index contributed by atoms with van der Waals surface area (Å²) in [5.74, 6) is -0.359. The van der Waals surface area contributed by atoms with Gasteiger partial charge in [-0.15, -0.1) is 0 Å². The van der Waals surface area contributed by atoms with Crippen LogP contribution in [0.1, 0.15) is 70.2 Å². The molecular formula is C28H36N4O3. The second-order valence-electron chi connectivity index (χ2n) is 11.6. The molecule has 0 saturated carbocycles. The first-order valence-corrected chi connectivity index (χ1v) is 12.5. The van der Waals surface area contributed by atoms with Crippen LogP contribution in [-0.2, 0) is 27.2 Å². The van der Waals surface area contributed by atoms with Gasteiger partial charge in [-0.1, -0.05) is 58.9 Å². The van der Waals surface area contributed by atoms with E-state index < -0.39 is 18.1 Å². The maximum atomic E-state index is 14.2. The van der Waals surface area contributed by atoms with Crippen LogP contribution in [0.5, 0.6) is 0 Å². The summed E-state index contributed by atoms with van der Waals surface area (Å²) in [6, 6.07) is 5.88. The predicted octanol–water partition coefficient (Wildman–Crippen LogP) is 3.68. The van der Waals surface area contributed by atoms with Gasteiger partial charge in [-0.05, 0) is 47.6 Å². The Balaban J connectivity index is 1.74. The first-order valence-electron chi connectivity index (χ1n) is 12.5. The molecule has 0 unspecified atom stereocenters. The smallest absolute Gasteiger partial charge is 0.247 e. The van der Waals surface area contributed by atoms with Crippen molar-refractivity contribution in [2.24, 2.45) is 17.3 Å². The molecule has 1 saturated heterocycles. The van der Waals surface area contributed by atoms with E-state index in [0.29, 0.717) is 12.0 Å². The fourth-order valence-corrected chi connectivity index (χ4v) is 5.45. The van der Waals surface area contributed by atoms with Crippen molar-refractivity contribution in [3.8, 4) is 0 Å². The molecule has 0 spiro atoms. The van der Waals surface area contributed by atoms with Crippen molar-refractivity contribution in [3.63, 3.8) is 0 Å². The summed E-state index contributed by atoms with van der Waals surface area (Å²) < 4.78 is 0. The first-order chi connectivity index (χ1) is 16.5. The number of rotatable bonds is 7. The molecule has 35 heavy (non-hydrogen) atoms. The van der Waals surface area contributed by atoms with E-state index in [1.54, 1.807) is 17.3 Å². The number of hydrogen-bond acceptors (Lipinski definition) is 5. The quantitative estimate of drug-likeness (QED) is 0.658. The van der Waals surface area contributed by atoms with Crippen LogP contribution in [0.3, 0.4) is 0 Å². The molecule has 1 aliphatic heterocycles. The number of fused-ring (bicyclic) bond motifs is 1. The first kappa shape index (κ1) is 25.0. The van der Waals surface area contributed by atoms with Gasteiger partial charge in [0.1, 0.15) is 24.5 Å². The standard InChI is InChI=1S/C28H36N4O3/c1-17(2)10-22-26(34)31-24(20-11-18-8-6-7-9-19(18)12-20)27(35)32(22)25(21-14-29-16-30-15-21)23(33)13-28(3,4)5/h6-9,14-17,20,22,24-25H,10-13H2,1-5H3,(H,31,34)/t22-,24-,25-/m1/s1. The van der Waals surface area contributed by atoms with E-state index in [4.69, 9.17) is 0 Å². The maximum Gasteiger partial charge on any atom is 0.247 e. The monoisotopic (exact) mass is 476 g/mol. The molecular weight excluding hydrogens is 440 g/mol. The fourth-order valence-electron chi connectivity index (χ4n) is 5.45. The highest BCUT2D eigenvalue weighted by atomic mass is 16.2. The number of Topliss-reactive ketones (excluding diaryl/α,β-unsaturated/α-hetero) is 1. The van der Waals surface area contributed by atoms with Crippen molar-refractivity contribution >= 4 is 17.6 Å². The van der Waals surface area contributed by atoms with Crippen LogP contribution >= 0.6 is 0 Å². The van der Waals surface area contributed by atoms with Gasteiger partial charge in [0.25, 0.3) is 0 Å². The minimum atomic E-state index is -0.899. The van der Waals surface area contributed by atoms with Crippen molar-refractivity contribution in [3.05, 3.63) is 59.7 Å². The number of aromatic nitrogens is 2. The van der Waals surface area contributed by atoms with Crippen LogP contribution < -0.4 is 5.32 Å². The molecule has 1 aliphatic carbocycles. The van der Waals surface area contributed by atoms with E-state index in [1.165, 1.54) is 17.5 Å². The molecule has 2 amide bonds. The van der Waals surface area contributed by atoms with Crippen LogP contribution in [0.15, 0.2) is 43.0 Å². The second-order valence-corrected chi connectivity index (χ2v) is 11.6. The molecule has 186 valence electrons. The zero-order valence-corrected chi connectivity index (χ0v) is 21.3. The van der Waals surface area contributed by atoms with E-state index in [-0.39, 0.29) is 41.3 Å². The molecule has 1 fully saturated rings. The minimum Gasteiger partial charge on any atom is -0.342 e. The molecule has 7 heteroatoms. The van der Waals surface area contributed by atoms with Gasteiger partial charge in [-0.2, -0.15) is 0 Å². The number of carbonyl (C=O) groups is 3. The zero-order valence-electron chi connectivity index (χ0n) is 21.3. The van der Waals surface area contributed by atoms with Gasteiger partial charge in [0.2, 0.25) is 11.8 Å². The highest BCUT2D eigenvalue weighted by Crippen LogP contribution is 2.36. The number of piperazine rings is 1. The molecule has 1 aromatic carbocycles. The molecule has 2 aromatic rings. The van der Waals surface area contributed by atoms with Crippen molar-refractivity contribution in [1.82, 2.24) is 20.2 Å². The van der Waals surface area contributed by atoms with Gasteiger partial charge in [0, 0.05) is 24.4 Å². The number of hydrogen-bond donors (Lipinski definition) is 1. The van der Waals surface area contributed by atoms with E-state index in [0.717, 1.165) is 12.8 Å². The fraction of sp³-hybridized carbons (Fsp3) is 0.536. The Labute approximate surface area is 207 Å². The Bertz CT molecular complexity index is 1070. The number of nitrogens with one attached hydrogen (secondary N) is 1. The molecule has 1 N–H and O–H groups in total. The van der Waals surface area contributed by atoms with E-state index in [1.807, 2.05) is 46.8 Å². The zero-order chi connectivity index (χ0) is 25.3. The second kappa shape index (κ2) is 9.88. The van der Waals surface area contributed by atoms with Gasteiger partial charge in [-0.3, -0.25) is 14.4 Å². The average Bonchev–Trinajstić information content (AvgIpc) is 3.21. The van der Waals surface area contributed by atoms with Crippen LogP contribution in [-0.4, -0.2) is 44.5 Å². The molecule has 3 atom stereocenters. The van der Waals surface area contributed by atoms with E-state index >= 15 is 0 Å². The topological polar surface area (TPSA) is 92.3 Å².